The molecule has 0 unspecified atom stereocenters. The number of rotatable bonds is 6. The Kier molecular flexibility index (Phi) is 7.83. The molecular formula is C50H30N4S2. The van der Waals surface area contributed by atoms with Crippen molar-refractivity contribution in [3.8, 4) is 67.5 Å². The molecule has 4 aromatic heterocycles. The maximum atomic E-state index is 5.35. The minimum Gasteiger partial charge on any atom is -0.226 e. The molecule has 0 aliphatic rings. The van der Waals surface area contributed by atoms with Crippen LogP contribution in [0.5, 0.6) is 0 Å². The third kappa shape index (κ3) is 5.50. The highest BCUT2D eigenvalue weighted by molar-refractivity contribution is 7.26. The van der Waals surface area contributed by atoms with Crippen molar-refractivity contribution in [1.29, 1.82) is 0 Å². The Morgan fingerprint density at radius 3 is 1.34 bits per heavy atom. The molecule has 0 saturated carbocycles. The van der Waals surface area contributed by atoms with E-state index in [0.717, 1.165) is 98.7 Å². The van der Waals surface area contributed by atoms with E-state index in [1.807, 2.05) is 36.4 Å². The number of benzene rings is 7. The molecule has 262 valence electrons. The summed E-state index contributed by atoms with van der Waals surface area (Å²) in [7, 11) is 0. The Morgan fingerprint density at radius 2 is 0.732 bits per heavy atom. The predicted octanol–water partition coefficient (Wildman–Crippen LogP) is 14.0. The minimum absolute atomic E-state index is 0.722. The fourth-order valence-electron chi connectivity index (χ4n) is 7.72. The summed E-state index contributed by atoms with van der Waals surface area (Å²) in [5.74, 6) is 1.45. The number of thiophene rings is 2. The Morgan fingerprint density at radius 1 is 0.304 bits per heavy atom. The van der Waals surface area contributed by atoms with Gasteiger partial charge in [-0.2, -0.15) is 0 Å². The summed E-state index contributed by atoms with van der Waals surface area (Å²) < 4.78 is 4.58. The van der Waals surface area contributed by atoms with Gasteiger partial charge >= 0.3 is 0 Å². The van der Waals surface area contributed by atoms with Crippen molar-refractivity contribution in [3.05, 3.63) is 182 Å². The predicted molar refractivity (Wildman–Crippen MR) is 236 cm³/mol. The molecule has 0 atom stereocenters. The molecule has 0 saturated heterocycles. The molecule has 56 heavy (non-hydrogen) atoms. The number of fused-ring (bicyclic) bond motifs is 6. The summed E-state index contributed by atoms with van der Waals surface area (Å²) in [5, 5.41) is 2.30. The van der Waals surface area contributed by atoms with E-state index in [2.05, 4.69) is 146 Å². The molecule has 4 nitrogen and oxygen atoms in total. The molecule has 0 amide bonds. The second-order valence-corrected chi connectivity index (χ2v) is 15.9. The first-order valence-electron chi connectivity index (χ1n) is 18.6. The van der Waals surface area contributed by atoms with Gasteiger partial charge in [-0.3, -0.25) is 0 Å². The first-order chi connectivity index (χ1) is 27.8. The van der Waals surface area contributed by atoms with Crippen molar-refractivity contribution in [1.82, 2.24) is 19.9 Å². The summed E-state index contributed by atoms with van der Waals surface area (Å²) in [5.41, 5.74) is 12.5. The fraction of sp³-hybridized carbons (Fsp3) is 0. The van der Waals surface area contributed by atoms with Gasteiger partial charge in [0.05, 0.1) is 31.8 Å². The van der Waals surface area contributed by atoms with Crippen LogP contribution in [0.4, 0.5) is 0 Å². The van der Waals surface area contributed by atoms with E-state index < -0.39 is 0 Å². The summed E-state index contributed by atoms with van der Waals surface area (Å²) in [6, 6.07) is 63.8. The van der Waals surface area contributed by atoms with Crippen LogP contribution in [-0.4, -0.2) is 19.9 Å². The molecule has 0 fully saturated rings. The van der Waals surface area contributed by atoms with Crippen LogP contribution in [0.15, 0.2) is 182 Å². The van der Waals surface area contributed by atoms with Gasteiger partial charge < -0.3 is 0 Å². The van der Waals surface area contributed by atoms with Gasteiger partial charge in [0.25, 0.3) is 0 Å². The van der Waals surface area contributed by atoms with E-state index in [4.69, 9.17) is 19.9 Å². The van der Waals surface area contributed by atoms with Crippen molar-refractivity contribution >= 4 is 63.3 Å². The molecule has 0 N–H and O–H groups in total. The van der Waals surface area contributed by atoms with Gasteiger partial charge in [0.15, 0.2) is 11.6 Å². The second kappa shape index (κ2) is 13.5. The van der Waals surface area contributed by atoms with Crippen LogP contribution >= 0.6 is 22.7 Å². The lowest BCUT2D eigenvalue weighted by Gasteiger charge is -2.16. The summed E-state index contributed by atoms with van der Waals surface area (Å²) >= 11 is 3.51. The van der Waals surface area contributed by atoms with E-state index in [-0.39, 0.29) is 0 Å². The number of hydrogen-bond donors (Lipinski definition) is 0. The van der Waals surface area contributed by atoms with E-state index in [1.165, 1.54) is 9.40 Å². The molecular weight excluding hydrogens is 721 g/mol. The zero-order valence-corrected chi connectivity index (χ0v) is 31.6. The first kappa shape index (κ1) is 32.6. The van der Waals surface area contributed by atoms with E-state index in [0.29, 0.717) is 0 Å². The summed E-state index contributed by atoms with van der Waals surface area (Å²) in [6.07, 6.45) is 0. The van der Waals surface area contributed by atoms with Crippen LogP contribution in [-0.2, 0) is 0 Å². The van der Waals surface area contributed by atoms with Crippen LogP contribution in [0, 0.1) is 0 Å². The Balaban J connectivity index is 1.10. The summed E-state index contributed by atoms with van der Waals surface area (Å²) in [6.45, 7) is 0. The minimum atomic E-state index is 0.722. The molecule has 11 aromatic rings. The van der Waals surface area contributed by atoms with Gasteiger partial charge in [-0.25, -0.2) is 19.9 Å². The van der Waals surface area contributed by atoms with Gasteiger partial charge in [-0.15, -0.1) is 22.7 Å². The van der Waals surface area contributed by atoms with Crippen LogP contribution < -0.4 is 0 Å². The van der Waals surface area contributed by atoms with Crippen LogP contribution in [0.1, 0.15) is 0 Å². The molecule has 0 aliphatic carbocycles. The Labute approximate surface area is 331 Å². The van der Waals surface area contributed by atoms with Crippen molar-refractivity contribution in [2.75, 3.05) is 0 Å². The zero-order chi connectivity index (χ0) is 37.0. The lowest BCUT2D eigenvalue weighted by Crippen LogP contribution is -1.96. The van der Waals surface area contributed by atoms with Crippen LogP contribution in [0.25, 0.3) is 108 Å². The number of hydrogen-bond acceptors (Lipinski definition) is 6. The number of nitrogens with zero attached hydrogens (tertiary/aromatic N) is 4. The molecule has 11 rings (SSSR count). The molecule has 4 heterocycles. The van der Waals surface area contributed by atoms with Gasteiger partial charge in [0.1, 0.15) is 0 Å². The highest BCUT2D eigenvalue weighted by Gasteiger charge is 2.21. The molecule has 0 spiro atoms. The van der Waals surface area contributed by atoms with Gasteiger partial charge in [0, 0.05) is 42.4 Å². The first-order valence-corrected chi connectivity index (χ1v) is 20.2. The largest absolute Gasteiger partial charge is 0.226 e. The zero-order valence-electron chi connectivity index (χ0n) is 29.9. The second-order valence-electron chi connectivity index (χ2n) is 13.7. The van der Waals surface area contributed by atoms with E-state index >= 15 is 0 Å². The van der Waals surface area contributed by atoms with Gasteiger partial charge in [0.2, 0.25) is 0 Å². The molecule has 0 radical (unpaired) electrons. The average Bonchev–Trinajstić information content (AvgIpc) is 3.85. The van der Waals surface area contributed by atoms with Crippen molar-refractivity contribution < 1.29 is 0 Å². The molecule has 6 heteroatoms. The monoisotopic (exact) mass is 750 g/mol. The quantitative estimate of drug-likeness (QED) is 0.170. The van der Waals surface area contributed by atoms with E-state index in [1.54, 1.807) is 22.7 Å². The normalized spacial score (nSPS) is 11.6. The highest BCUT2D eigenvalue weighted by atomic mass is 32.1. The molecule has 0 aliphatic heterocycles. The third-order valence-corrected chi connectivity index (χ3v) is 12.7. The Hall–Kier alpha value is -6.86. The molecule has 7 aromatic carbocycles. The fourth-order valence-corrected chi connectivity index (χ4v) is 10.0. The van der Waals surface area contributed by atoms with E-state index in [9.17, 15) is 0 Å². The highest BCUT2D eigenvalue weighted by Crippen LogP contribution is 2.45. The maximum Gasteiger partial charge on any atom is 0.160 e. The smallest absolute Gasteiger partial charge is 0.160 e. The SMILES string of the molecule is c1ccc(-c2nc(-c3cccc(-c4ccccc4-c4ccccc4-c4nc(-c5ccccc5)nc5c4sc4ccccc45)c3)c3sc4ccccc4c3n2)cc1. The van der Waals surface area contributed by atoms with Crippen molar-refractivity contribution in [2.24, 2.45) is 0 Å². The van der Waals surface area contributed by atoms with Crippen LogP contribution in [0.2, 0.25) is 0 Å². The van der Waals surface area contributed by atoms with Crippen LogP contribution in [0.3, 0.4) is 0 Å². The Bertz CT molecular complexity index is 3260. The average molecular weight is 751 g/mol. The lowest BCUT2D eigenvalue weighted by molar-refractivity contribution is 1.24. The standard InChI is InChI=1S/C50H30N4S2/c1-3-16-31(17-4-1)49-51-43(47-45(53-49)39-26-11-13-28-41(39)55-47)34-21-15-20-33(30-34)35-22-7-8-23-36(35)37-24-9-10-25-38(37)44-48-46(40-27-12-14-29-42(40)56-48)54-50(52-44)32-18-5-2-6-19-32/h1-30H. The maximum absolute atomic E-state index is 5.35. The van der Waals surface area contributed by atoms with Crippen molar-refractivity contribution in [3.63, 3.8) is 0 Å². The lowest BCUT2D eigenvalue weighted by atomic mass is 9.90. The number of aromatic nitrogens is 4. The van der Waals surface area contributed by atoms with Crippen molar-refractivity contribution in [2.45, 2.75) is 0 Å². The topological polar surface area (TPSA) is 51.6 Å². The molecule has 0 bridgehead atoms. The summed E-state index contributed by atoms with van der Waals surface area (Å²) in [4.78, 5) is 20.9. The van der Waals surface area contributed by atoms with Gasteiger partial charge in [-0.1, -0.05) is 164 Å². The van der Waals surface area contributed by atoms with Gasteiger partial charge in [-0.05, 0) is 40.5 Å². The third-order valence-electron chi connectivity index (χ3n) is 10.3.